The van der Waals surface area contributed by atoms with Crippen LogP contribution in [0.4, 0.5) is 5.69 Å². The fourth-order valence-corrected chi connectivity index (χ4v) is 2.94. The van der Waals surface area contributed by atoms with E-state index in [0.29, 0.717) is 6.42 Å². The van der Waals surface area contributed by atoms with Crippen LogP contribution in [0.25, 0.3) is 0 Å². The van der Waals surface area contributed by atoms with E-state index in [0.717, 1.165) is 40.0 Å². The van der Waals surface area contributed by atoms with Crippen LogP contribution in [-0.2, 0) is 12.8 Å². The highest BCUT2D eigenvalue weighted by Gasteiger charge is 2.15. The lowest BCUT2D eigenvalue weighted by molar-refractivity contribution is 0.0993. The molecule has 4 heteroatoms. The summed E-state index contributed by atoms with van der Waals surface area (Å²) in [5.41, 5.74) is 4.06. The van der Waals surface area contributed by atoms with Crippen molar-refractivity contribution in [1.82, 2.24) is 0 Å². The first-order valence-electron chi connectivity index (χ1n) is 6.90. The van der Waals surface area contributed by atoms with Gasteiger partial charge in [-0.2, -0.15) is 0 Å². The quantitative estimate of drug-likeness (QED) is 0.855. The van der Waals surface area contributed by atoms with Gasteiger partial charge in [0.05, 0.1) is 7.11 Å². The standard InChI is InChI=1S/C17H16BrNO2/c1-21-14-4-5-15(18)13(8-14)10-17(20)12-3-2-11-6-7-19-16(11)9-12/h2-5,8-9,19H,6-7,10H2,1H3. The maximum atomic E-state index is 12.5. The molecule has 0 atom stereocenters. The molecule has 0 unspecified atom stereocenters. The third kappa shape index (κ3) is 2.95. The van der Waals surface area contributed by atoms with Gasteiger partial charge in [-0.25, -0.2) is 0 Å². The fraction of sp³-hybridized carbons (Fsp3) is 0.235. The van der Waals surface area contributed by atoms with Crippen molar-refractivity contribution in [3.8, 4) is 5.75 Å². The highest BCUT2D eigenvalue weighted by atomic mass is 79.9. The summed E-state index contributed by atoms with van der Waals surface area (Å²) in [6.45, 7) is 0.953. The summed E-state index contributed by atoms with van der Waals surface area (Å²) in [7, 11) is 1.63. The number of rotatable bonds is 4. The van der Waals surface area contributed by atoms with Gasteiger partial charge in [-0.3, -0.25) is 4.79 Å². The highest BCUT2D eigenvalue weighted by molar-refractivity contribution is 9.10. The van der Waals surface area contributed by atoms with E-state index in [2.05, 4.69) is 21.2 Å². The summed E-state index contributed by atoms with van der Waals surface area (Å²) in [5, 5.41) is 3.31. The molecule has 3 rings (SSSR count). The molecule has 1 heterocycles. The monoisotopic (exact) mass is 345 g/mol. The molecule has 0 amide bonds. The van der Waals surface area contributed by atoms with E-state index in [1.807, 2.05) is 36.4 Å². The second-order valence-corrected chi connectivity index (χ2v) is 5.96. The first-order valence-corrected chi connectivity index (χ1v) is 7.69. The maximum absolute atomic E-state index is 12.5. The van der Waals surface area contributed by atoms with Crippen LogP contribution >= 0.6 is 15.9 Å². The van der Waals surface area contributed by atoms with Crippen LogP contribution in [0.15, 0.2) is 40.9 Å². The van der Waals surface area contributed by atoms with E-state index in [1.165, 1.54) is 5.56 Å². The Kier molecular flexibility index (Phi) is 3.97. The molecular formula is C17H16BrNO2. The van der Waals surface area contributed by atoms with Crippen molar-refractivity contribution < 1.29 is 9.53 Å². The van der Waals surface area contributed by atoms with Crippen molar-refractivity contribution in [2.24, 2.45) is 0 Å². The fourth-order valence-electron chi connectivity index (χ4n) is 2.55. The SMILES string of the molecule is COc1ccc(Br)c(CC(=O)c2ccc3c(c2)NCC3)c1. The molecule has 0 radical (unpaired) electrons. The lowest BCUT2D eigenvalue weighted by Crippen LogP contribution is -2.05. The zero-order chi connectivity index (χ0) is 14.8. The van der Waals surface area contributed by atoms with Crippen LogP contribution in [0.3, 0.4) is 0 Å². The number of Topliss-reactive ketones (excluding diaryl/α,β-unsaturated/α-hetero) is 1. The largest absolute Gasteiger partial charge is 0.497 e. The Morgan fingerprint density at radius 3 is 2.95 bits per heavy atom. The second-order valence-electron chi connectivity index (χ2n) is 5.11. The third-order valence-electron chi connectivity index (χ3n) is 3.75. The number of anilines is 1. The number of methoxy groups -OCH3 is 1. The van der Waals surface area contributed by atoms with Crippen LogP contribution in [0.1, 0.15) is 21.5 Å². The lowest BCUT2D eigenvalue weighted by Gasteiger charge is -2.08. The molecule has 3 nitrogen and oxygen atoms in total. The summed E-state index contributed by atoms with van der Waals surface area (Å²) in [6, 6.07) is 11.6. The first-order chi connectivity index (χ1) is 10.2. The minimum Gasteiger partial charge on any atom is -0.497 e. The van der Waals surface area contributed by atoms with Crippen molar-refractivity contribution in [1.29, 1.82) is 0 Å². The molecule has 21 heavy (non-hydrogen) atoms. The van der Waals surface area contributed by atoms with Gasteiger partial charge in [0.15, 0.2) is 5.78 Å². The number of hydrogen-bond acceptors (Lipinski definition) is 3. The van der Waals surface area contributed by atoms with Gasteiger partial charge >= 0.3 is 0 Å². The number of benzene rings is 2. The van der Waals surface area contributed by atoms with Crippen molar-refractivity contribution in [3.63, 3.8) is 0 Å². The average molecular weight is 346 g/mol. The molecule has 0 saturated heterocycles. The zero-order valence-corrected chi connectivity index (χ0v) is 13.4. The Labute approximate surface area is 132 Å². The van der Waals surface area contributed by atoms with Crippen LogP contribution in [0.5, 0.6) is 5.75 Å². The van der Waals surface area contributed by atoms with E-state index < -0.39 is 0 Å². The van der Waals surface area contributed by atoms with Gasteiger partial charge in [-0.05, 0) is 41.8 Å². The molecule has 2 aromatic carbocycles. The minimum atomic E-state index is 0.112. The molecule has 0 spiro atoms. The minimum absolute atomic E-state index is 0.112. The van der Waals surface area contributed by atoms with Crippen LogP contribution < -0.4 is 10.1 Å². The van der Waals surface area contributed by atoms with Crippen molar-refractivity contribution in [2.75, 3.05) is 19.0 Å². The van der Waals surface area contributed by atoms with Crippen molar-refractivity contribution in [2.45, 2.75) is 12.8 Å². The predicted octanol–water partition coefficient (Wildman–Crippen LogP) is 3.85. The number of hydrogen-bond donors (Lipinski definition) is 1. The van der Waals surface area contributed by atoms with E-state index in [4.69, 9.17) is 4.74 Å². The van der Waals surface area contributed by atoms with Crippen LogP contribution in [0, 0.1) is 0 Å². The van der Waals surface area contributed by atoms with Crippen LogP contribution in [0.2, 0.25) is 0 Å². The maximum Gasteiger partial charge on any atom is 0.167 e. The summed E-state index contributed by atoms with van der Waals surface area (Å²) in [6.07, 6.45) is 1.39. The van der Waals surface area contributed by atoms with Gasteiger partial charge in [0.25, 0.3) is 0 Å². The normalized spacial score (nSPS) is 12.7. The summed E-state index contributed by atoms with van der Waals surface area (Å²) in [5.74, 6) is 0.872. The Morgan fingerprint density at radius 2 is 2.14 bits per heavy atom. The molecule has 0 aliphatic carbocycles. The van der Waals surface area contributed by atoms with Gasteiger partial charge < -0.3 is 10.1 Å². The number of ketones is 1. The molecule has 1 N–H and O–H groups in total. The molecule has 0 saturated carbocycles. The number of carbonyl (C=O) groups excluding carboxylic acids is 1. The van der Waals surface area contributed by atoms with Gasteiger partial charge in [-0.15, -0.1) is 0 Å². The Balaban J connectivity index is 1.83. The van der Waals surface area contributed by atoms with Gasteiger partial charge in [0.1, 0.15) is 5.75 Å². The molecule has 2 aromatic rings. The van der Waals surface area contributed by atoms with Gasteiger partial charge in [-0.1, -0.05) is 28.1 Å². The third-order valence-corrected chi connectivity index (χ3v) is 4.52. The first kappa shape index (κ1) is 14.1. The summed E-state index contributed by atoms with van der Waals surface area (Å²) >= 11 is 3.49. The zero-order valence-electron chi connectivity index (χ0n) is 11.8. The lowest BCUT2D eigenvalue weighted by atomic mass is 10.0. The van der Waals surface area contributed by atoms with Crippen molar-refractivity contribution >= 4 is 27.4 Å². The van der Waals surface area contributed by atoms with E-state index in [-0.39, 0.29) is 5.78 Å². The molecule has 1 aliphatic heterocycles. The van der Waals surface area contributed by atoms with Gasteiger partial charge in [0, 0.05) is 28.7 Å². The smallest absolute Gasteiger partial charge is 0.167 e. The van der Waals surface area contributed by atoms with Gasteiger partial charge in [0.2, 0.25) is 0 Å². The molecular weight excluding hydrogens is 330 g/mol. The van der Waals surface area contributed by atoms with Crippen molar-refractivity contribution in [3.05, 3.63) is 57.6 Å². The predicted molar refractivity (Wildman–Crippen MR) is 87.4 cm³/mol. The molecule has 0 aromatic heterocycles. The second kappa shape index (κ2) is 5.90. The highest BCUT2D eigenvalue weighted by Crippen LogP contribution is 2.26. The molecule has 0 fully saturated rings. The van der Waals surface area contributed by atoms with E-state index in [1.54, 1.807) is 7.11 Å². The van der Waals surface area contributed by atoms with Crippen LogP contribution in [-0.4, -0.2) is 19.4 Å². The Hall–Kier alpha value is -1.81. The Morgan fingerprint density at radius 1 is 1.29 bits per heavy atom. The number of nitrogens with one attached hydrogen (secondary N) is 1. The molecule has 1 aliphatic rings. The molecule has 108 valence electrons. The summed E-state index contributed by atoms with van der Waals surface area (Å²) < 4.78 is 6.14. The number of fused-ring (bicyclic) bond motifs is 1. The number of ether oxygens (including phenoxy) is 1. The Bertz CT molecular complexity index is 697. The molecule has 0 bridgehead atoms. The number of carbonyl (C=O) groups is 1. The topological polar surface area (TPSA) is 38.3 Å². The number of halogens is 1. The average Bonchev–Trinajstić information content (AvgIpc) is 2.96. The van der Waals surface area contributed by atoms with E-state index >= 15 is 0 Å². The summed E-state index contributed by atoms with van der Waals surface area (Å²) in [4.78, 5) is 12.5. The van der Waals surface area contributed by atoms with E-state index in [9.17, 15) is 4.79 Å².